The van der Waals surface area contributed by atoms with E-state index in [4.69, 9.17) is 0 Å². The van der Waals surface area contributed by atoms with Crippen molar-refractivity contribution in [2.75, 3.05) is 5.32 Å². The highest BCUT2D eigenvalue weighted by atomic mass is 79.9. The molecule has 0 aromatic heterocycles. The Labute approximate surface area is 101 Å². The Morgan fingerprint density at radius 3 is 2.47 bits per heavy atom. The van der Waals surface area contributed by atoms with Crippen molar-refractivity contribution in [2.24, 2.45) is 5.92 Å². The van der Waals surface area contributed by atoms with Gasteiger partial charge in [-0.25, -0.2) is 0 Å². The molecule has 1 unspecified atom stereocenters. The Balaban J connectivity index is 2.60. The zero-order valence-corrected chi connectivity index (χ0v) is 11.6. The number of benzene rings is 1. The minimum Gasteiger partial charge on any atom is -0.383 e. The molecule has 0 aliphatic carbocycles. The van der Waals surface area contributed by atoms with Crippen LogP contribution in [0.5, 0.6) is 0 Å². The van der Waals surface area contributed by atoms with E-state index in [1.807, 2.05) is 0 Å². The van der Waals surface area contributed by atoms with Crippen molar-refractivity contribution < 1.29 is 0 Å². The van der Waals surface area contributed by atoms with Gasteiger partial charge in [-0.3, -0.25) is 0 Å². The van der Waals surface area contributed by atoms with E-state index in [1.165, 1.54) is 22.1 Å². The van der Waals surface area contributed by atoms with Crippen molar-refractivity contribution in [3.63, 3.8) is 0 Å². The summed E-state index contributed by atoms with van der Waals surface area (Å²) in [6.45, 7) is 8.86. The molecule has 1 aromatic rings. The molecule has 84 valence electrons. The first kappa shape index (κ1) is 12.6. The molecule has 0 amide bonds. The lowest BCUT2D eigenvalue weighted by molar-refractivity contribution is 0.540. The third-order valence-electron chi connectivity index (χ3n) is 2.40. The summed E-state index contributed by atoms with van der Waals surface area (Å²) in [6, 6.07) is 6.93. The number of nitrogens with one attached hydrogen (secondary N) is 1. The van der Waals surface area contributed by atoms with Crippen molar-refractivity contribution in [1.82, 2.24) is 0 Å². The maximum Gasteiger partial charge on any atom is 0.0345 e. The number of rotatable bonds is 4. The SMILES string of the molecule is Cc1cc(NC(C)CC(C)C)ccc1Br. The smallest absolute Gasteiger partial charge is 0.0345 e. The van der Waals surface area contributed by atoms with Crippen LogP contribution in [0, 0.1) is 12.8 Å². The van der Waals surface area contributed by atoms with Crippen LogP contribution in [-0.4, -0.2) is 6.04 Å². The van der Waals surface area contributed by atoms with Gasteiger partial charge in [-0.15, -0.1) is 0 Å². The molecule has 1 atom stereocenters. The monoisotopic (exact) mass is 269 g/mol. The number of hydrogen-bond acceptors (Lipinski definition) is 1. The van der Waals surface area contributed by atoms with Gasteiger partial charge in [-0.1, -0.05) is 29.8 Å². The molecule has 2 heteroatoms. The normalized spacial score (nSPS) is 12.9. The molecule has 0 saturated carbocycles. The van der Waals surface area contributed by atoms with E-state index >= 15 is 0 Å². The van der Waals surface area contributed by atoms with E-state index in [1.54, 1.807) is 0 Å². The lowest BCUT2D eigenvalue weighted by Crippen LogP contribution is -2.17. The number of anilines is 1. The summed E-state index contributed by atoms with van der Waals surface area (Å²) in [5, 5.41) is 3.52. The van der Waals surface area contributed by atoms with Gasteiger partial charge in [0.1, 0.15) is 0 Å². The first-order chi connectivity index (χ1) is 6.99. The van der Waals surface area contributed by atoms with Crippen molar-refractivity contribution in [1.29, 1.82) is 0 Å². The molecule has 1 N–H and O–H groups in total. The van der Waals surface area contributed by atoms with Gasteiger partial charge in [-0.2, -0.15) is 0 Å². The van der Waals surface area contributed by atoms with Crippen LogP contribution in [0.15, 0.2) is 22.7 Å². The van der Waals surface area contributed by atoms with E-state index in [2.05, 4.69) is 67.1 Å². The summed E-state index contributed by atoms with van der Waals surface area (Å²) in [7, 11) is 0. The largest absolute Gasteiger partial charge is 0.383 e. The molecule has 0 spiro atoms. The molecule has 0 fully saturated rings. The first-order valence-corrected chi connectivity index (χ1v) is 6.31. The van der Waals surface area contributed by atoms with Crippen LogP contribution < -0.4 is 5.32 Å². The summed E-state index contributed by atoms with van der Waals surface area (Å²) < 4.78 is 1.17. The summed E-state index contributed by atoms with van der Waals surface area (Å²) in [6.07, 6.45) is 1.20. The molecular weight excluding hydrogens is 250 g/mol. The van der Waals surface area contributed by atoms with Gasteiger partial charge in [0.15, 0.2) is 0 Å². The number of hydrogen-bond donors (Lipinski definition) is 1. The maximum absolute atomic E-state index is 3.52. The lowest BCUT2D eigenvalue weighted by atomic mass is 10.0. The lowest BCUT2D eigenvalue weighted by Gasteiger charge is -2.17. The van der Waals surface area contributed by atoms with Crippen molar-refractivity contribution in [3.05, 3.63) is 28.2 Å². The van der Waals surface area contributed by atoms with Crippen molar-refractivity contribution in [3.8, 4) is 0 Å². The fraction of sp³-hybridized carbons (Fsp3) is 0.538. The van der Waals surface area contributed by atoms with Crippen molar-refractivity contribution >= 4 is 21.6 Å². The van der Waals surface area contributed by atoms with E-state index in [0.29, 0.717) is 6.04 Å². The number of aryl methyl sites for hydroxylation is 1. The third-order valence-corrected chi connectivity index (χ3v) is 3.29. The van der Waals surface area contributed by atoms with Crippen LogP contribution >= 0.6 is 15.9 Å². The second-order valence-electron chi connectivity index (χ2n) is 4.64. The molecule has 15 heavy (non-hydrogen) atoms. The van der Waals surface area contributed by atoms with Crippen LogP contribution in [0.25, 0.3) is 0 Å². The molecule has 1 rings (SSSR count). The first-order valence-electron chi connectivity index (χ1n) is 5.51. The van der Waals surface area contributed by atoms with Gasteiger partial charge in [0, 0.05) is 16.2 Å². The predicted octanol–water partition coefficient (Wildman–Crippen LogP) is 4.60. The highest BCUT2D eigenvalue weighted by molar-refractivity contribution is 9.10. The van der Waals surface area contributed by atoms with Gasteiger partial charge >= 0.3 is 0 Å². The zero-order valence-electron chi connectivity index (χ0n) is 9.97. The van der Waals surface area contributed by atoms with Gasteiger partial charge in [0.05, 0.1) is 0 Å². The van der Waals surface area contributed by atoms with Crippen molar-refractivity contribution in [2.45, 2.75) is 40.2 Å². The van der Waals surface area contributed by atoms with E-state index < -0.39 is 0 Å². The van der Waals surface area contributed by atoms with E-state index in [9.17, 15) is 0 Å². The topological polar surface area (TPSA) is 12.0 Å². The summed E-state index contributed by atoms with van der Waals surface area (Å²) in [5.41, 5.74) is 2.49. The van der Waals surface area contributed by atoms with E-state index in [0.717, 1.165) is 5.92 Å². The van der Waals surface area contributed by atoms with Crippen LogP contribution in [0.1, 0.15) is 32.8 Å². The number of halogens is 1. The van der Waals surface area contributed by atoms with E-state index in [-0.39, 0.29) is 0 Å². The van der Waals surface area contributed by atoms with Crippen LogP contribution in [0.3, 0.4) is 0 Å². The summed E-state index contributed by atoms with van der Waals surface area (Å²) in [5.74, 6) is 0.740. The maximum atomic E-state index is 3.52. The minimum atomic E-state index is 0.533. The highest BCUT2D eigenvalue weighted by Gasteiger charge is 2.05. The second kappa shape index (κ2) is 5.55. The van der Waals surface area contributed by atoms with Gasteiger partial charge in [-0.05, 0) is 49.9 Å². The standard InChI is InChI=1S/C13H20BrN/c1-9(2)7-11(4)15-12-5-6-13(14)10(3)8-12/h5-6,8-9,11,15H,7H2,1-4H3. The Morgan fingerprint density at radius 2 is 1.93 bits per heavy atom. The molecule has 0 heterocycles. The average molecular weight is 270 g/mol. The summed E-state index contributed by atoms with van der Waals surface area (Å²) >= 11 is 3.51. The molecule has 0 aliphatic heterocycles. The molecule has 0 aliphatic rings. The second-order valence-corrected chi connectivity index (χ2v) is 5.49. The fourth-order valence-corrected chi connectivity index (χ4v) is 2.03. The molecular formula is C13H20BrN. The Hall–Kier alpha value is -0.500. The third kappa shape index (κ3) is 4.25. The highest BCUT2D eigenvalue weighted by Crippen LogP contribution is 2.21. The Bertz CT molecular complexity index is 320. The average Bonchev–Trinajstić information content (AvgIpc) is 2.10. The summed E-state index contributed by atoms with van der Waals surface area (Å²) in [4.78, 5) is 0. The Kier molecular flexibility index (Phi) is 4.65. The van der Waals surface area contributed by atoms with Gasteiger partial charge < -0.3 is 5.32 Å². The van der Waals surface area contributed by atoms with Gasteiger partial charge in [0.2, 0.25) is 0 Å². The molecule has 0 radical (unpaired) electrons. The quantitative estimate of drug-likeness (QED) is 0.842. The zero-order chi connectivity index (χ0) is 11.4. The molecule has 1 aromatic carbocycles. The van der Waals surface area contributed by atoms with Gasteiger partial charge in [0.25, 0.3) is 0 Å². The van der Waals surface area contributed by atoms with Crippen LogP contribution in [0.2, 0.25) is 0 Å². The molecule has 0 bridgehead atoms. The van der Waals surface area contributed by atoms with Crippen LogP contribution in [-0.2, 0) is 0 Å². The fourth-order valence-electron chi connectivity index (χ4n) is 1.79. The molecule has 0 saturated heterocycles. The van der Waals surface area contributed by atoms with Crippen LogP contribution in [0.4, 0.5) is 5.69 Å². The Morgan fingerprint density at radius 1 is 1.27 bits per heavy atom. The molecule has 1 nitrogen and oxygen atoms in total. The minimum absolute atomic E-state index is 0.533. The predicted molar refractivity (Wildman–Crippen MR) is 71.4 cm³/mol.